The summed E-state index contributed by atoms with van der Waals surface area (Å²) in [6, 6.07) is 14.3. The van der Waals surface area contributed by atoms with Crippen LogP contribution in [0.5, 0.6) is 0 Å². The Kier molecular flexibility index (Phi) is 16.0. The van der Waals surface area contributed by atoms with Crippen LogP contribution in [-0.2, 0) is 54.0 Å². The lowest BCUT2D eigenvalue weighted by Gasteiger charge is -2.09. The molecule has 0 aliphatic carbocycles. The highest BCUT2D eigenvalue weighted by Gasteiger charge is 2.09. The van der Waals surface area contributed by atoms with Crippen LogP contribution in [-0.4, -0.2) is 75.7 Å². The molecule has 2 rings (SSSR count). The molecule has 240 valence electrons. The molecule has 0 atom stereocenters. The summed E-state index contributed by atoms with van der Waals surface area (Å²) in [5.74, 6) is -2.90. The smallest absolute Gasteiger partial charge is 0.411 e. The molecule has 14 heteroatoms. The zero-order chi connectivity index (χ0) is 32.9. The number of ether oxygens (including phenoxy) is 6. The van der Waals surface area contributed by atoms with Crippen molar-refractivity contribution in [2.75, 3.05) is 50.3 Å². The maximum absolute atomic E-state index is 12.0. The maximum atomic E-state index is 12.0. The molecule has 0 fully saturated rings. The van der Waals surface area contributed by atoms with Gasteiger partial charge in [-0.25, -0.2) is 28.8 Å². The lowest BCUT2D eigenvalue weighted by atomic mass is 10.0. The van der Waals surface area contributed by atoms with E-state index in [0.717, 1.165) is 23.3 Å². The van der Waals surface area contributed by atoms with E-state index in [9.17, 15) is 28.8 Å². The molecule has 2 aromatic rings. The molecule has 14 nitrogen and oxygen atoms in total. The van der Waals surface area contributed by atoms with Gasteiger partial charge in [-0.2, -0.15) is 0 Å². The maximum Gasteiger partial charge on any atom is 0.411 e. The Hall–Kier alpha value is -5.66. The summed E-state index contributed by atoms with van der Waals surface area (Å²) in [5, 5.41) is 5.21. The average Bonchev–Trinajstić information content (AvgIpc) is 3.03. The minimum absolute atomic E-state index is 0.00618. The van der Waals surface area contributed by atoms with Crippen LogP contribution in [0.15, 0.2) is 73.8 Å². The van der Waals surface area contributed by atoms with Gasteiger partial charge in [0.15, 0.2) is 13.2 Å². The number of benzene rings is 2. The van der Waals surface area contributed by atoms with Gasteiger partial charge in [0.1, 0.15) is 0 Å². The molecule has 0 saturated carbocycles. The lowest BCUT2D eigenvalue weighted by Crippen LogP contribution is -2.18. The van der Waals surface area contributed by atoms with E-state index in [1.54, 1.807) is 24.3 Å². The zero-order valence-corrected chi connectivity index (χ0v) is 24.5. The average molecular weight is 627 g/mol. The highest BCUT2D eigenvalue weighted by atomic mass is 16.6. The van der Waals surface area contributed by atoms with Gasteiger partial charge in [-0.15, -0.1) is 0 Å². The van der Waals surface area contributed by atoms with E-state index in [4.69, 9.17) is 18.9 Å². The van der Waals surface area contributed by atoms with Crippen molar-refractivity contribution in [3.63, 3.8) is 0 Å². The molecule has 0 aliphatic heterocycles. The molecule has 2 aromatic carbocycles. The second-order valence-electron chi connectivity index (χ2n) is 8.86. The van der Waals surface area contributed by atoms with Gasteiger partial charge in [0.2, 0.25) is 0 Å². The Morgan fingerprint density at radius 3 is 1.24 bits per heavy atom. The van der Waals surface area contributed by atoms with E-state index in [2.05, 4.69) is 33.3 Å². The van der Waals surface area contributed by atoms with Gasteiger partial charge < -0.3 is 28.4 Å². The zero-order valence-electron chi connectivity index (χ0n) is 24.5. The van der Waals surface area contributed by atoms with Crippen LogP contribution in [0.4, 0.5) is 21.0 Å². The number of nitrogens with one attached hydrogen (secondary N) is 2. The summed E-state index contributed by atoms with van der Waals surface area (Å²) in [7, 11) is 0. The molecule has 0 heterocycles. The van der Waals surface area contributed by atoms with Crippen LogP contribution in [0.25, 0.3) is 0 Å². The van der Waals surface area contributed by atoms with Crippen molar-refractivity contribution in [2.45, 2.75) is 19.3 Å². The highest BCUT2D eigenvalue weighted by molar-refractivity contribution is 5.85. The SMILES string of the molecule is C=CC(=O)OCC(=O)OCCCOC(=O)Nc1ccc(Cc2ccc(NC(=O)OCCCOC(=O)COC(=O)C=C)cc2)cc1. The summed E-state index contributed by atoms with van der Waals surface area (Å²) in [4.78, 5) is 68.5. The number of anilines is 2. The summed E-state index contributed by atoms with van der Waals surface area (Å²) in [6.07, 6.45) is 1.67. The van der Waals surface area contributed by atoms with Crippen molar-refractivity contribution in [1.29, 1.82) is 0 Å². The Morgan fingerprint density at radius 2 is 0.889 bits per heavy atom. The van der Waals surface area contributed by atoms with Crippen LogP contribution in [0, 0.1) is 0 Å². The number of esters is 4. The number of rotatable bonds is 18. The molecule has 0 spiro atoms. The highest BCUT2D eigenvalue weighted by Crippen LogP contribution is 2.16. The number of carbonyl (C=O) groups is 6. The van der Waals surface area contributed by atoms with Crippen molar-refractivity contribution in [3.8, 4) is 0 Å². The molecule has 0 bridgehead atoms. The largest absolute Gasteiger partial charge is 0.463 e. The first-order valence-corrected chi connectivity index (χ1v) is 13.6. The van der Waals surface area contributed by atoms with Gasteiger partial charge in [0.25, 0.3) is 0 Å². The molecule has 0 radical (unpaired) electrons. The van der Waals surface area contributed by atoms with Crippen molar-refractivity contribution < 1.29 is 57.2 Å². The van der Waals surface area contributed by atoms with E-state index in [-0.39, 0.29) is 39.3 Å². The van der Waals surface area contributed by atoms with Gasteiger partial charge in [-0.3, -0.25) is 10.6 Å². The Balaban J connectivity index is 1.61. The van der Waals surface area contributed by atoms with Crippen LogP contribution >= 0.6 is 0 Å². The minimum atomic E-state index is -0.730. The second-order valence-corrected chi connectivity index (χ2v) is 8.86. The summed E-state index contributed by atoms with van der Waals surface area (Å²) >= 11 is 0. The normalized spacial score (nSPS) is 9.96. The Morgan fingerprint density at radius 1 is 0.533 bits per heavy atom. The topological polar surface area (TPSA) is 182 Å². The van der Waals surface area contributed by atoms with Gasteiger partial charge >= 0.3 is 36.1 Å². The van der Waals surface area contributed by atoms with E-state index < -0.39 is 49.3 Å². The van der Waals surface area contributed by atoms with Crippen molar-refractivity contribution in [2.24, 2.45) is 0 Å². The van der Waals surface area contributed by atoms with Gasteiger partial charge in [-0.05, 0) is 41.8 Å². The first kappa shape index (κ1) is 35.5. The number of hydrogen-bond acceptors (Lipinski definition) is 12. The minimum Gasteiger partial charge on any atom is -0.463 e. The molecule has 45 heavy (non-hydrogen) atoms. The van der Waals surface area contributed by atoms with Gasteiger partial charge in [0.05, 0.1) is 26.4 Å². The first-order chi connectivity index (χ1) is 21.7. The fourth-order valence-corrected chi connectivity index (χ4v) is 3.24. The lowest BCUT2D eigenvalue weighted by molar-refractivity contribution is -0.156. The quantitative estimate of drug-likeness (QED) is 0.106. The monoisotopic (exact) mass is 626 g/mol. The number of hydrogen-bond donors (Lipinski definition) is 2. The molecule has 0 saturated heterocycles. The van der Waals surface area contributed by atoms with E-state index in [0.29, 0.717) is 17.8 Å². The third-order valence-electron chi connectivity index (χ3n) is 5.38. The van der Waals surface area contributed by atoms with E-state index in [1.165, 1.54) is 0 Å². The van der Waals surface area contributed by atoms with Crippen molar-refractivity contribution in [1.82, 2.24) is 0 Å². The third kappa shape index (κ3) is 16.0. The van der Waals surface area contributed by atoms with Crippen molar-refractivity contribution in [3.05, 3.63) is 85.0 Å². The summed E-state index contributed by atoms with van der Waals surface area (Å²) in [6.45, 7) is 5.40. The third-order valence-corrected chi connectivity index (χ3v) is 5.38. The number of carbonyl (C=O) groups excluding carboxylic acids is 6. The van der Waals surface area contributed by atoms with Crippen LogP contribution < -0.4 is 10.6 Å². The molecule has 2 N–H and O–H groups in total. The fourth-order valence-electron chi connectivity index (χ4n) is 3.24. The summed E-state index contributed by atoms with van der Waals surface area (Å²) < 4.78 is 28.9. The van der Waals surface area contributed by atoms with E-state index >= 15 is 0 Å². The molecule has 2 amide bonds. The van der Waals surface area contributed by atoms with Gasteiger partial charge in [-0.1, -0.05) is 37.4 Å². The summed E-state index contributed by atoms with van der Waals surface area (Å²) in [5.41, 5.74) is 3.03. The molecular formula is C31H34N2O12. The standard InChI is InChI=1S/C31H34N2O12/c1-3-26(34)44-20-28(36)40-15-5-17-42-30(38)32-24-11-7-22(8-12-24)19-23-9-13-25(14-10-23)33-31(39)43-18-6-16-41-29(37)21-45-27(35)4-2/h3-4,7-14H,1-2,5-6,15-21H2,(H,32,38)(H,33,39). The molecule has 0 unspecified atom stereocenters. The van der Waals surface area contributed by atoms with Gasteiger partial charge in [0, 0.05) is 36.4 Å². The Bertz CT molecular complexity index is 1220. The molecular weight excluding hydrogens is 592 g/mol. The molecule has 0 aliphatic rings. The Labute approximate surface area is 259 Å². The van der Waals surface area contributed by atoms with Crippen LogP contribution in [0.1, 0.15) is 24.0 Å². The predicted octanol–water partition coefficient (Wildman–Crippen LogP) is 3.70. The first-order valence-electron chi connectivity index (χ1n) is 13.6. The molecule has 0 aromatic heterocycles. The second kappa shape index (κ2) is 20.3. The van der Waals surface area contributed by atoms with Crippen LogP contribution in [0.2, 0.25) is 0 Å². The van der Waals surface area contributed by atoms with E-state index in [1.807, 2.05) is 24.3 Å². The van der Waals surface area contributed by atoms with Crippen molar-refractivity contribution >= 4 is 47.4 Å². The fraction of sp³-hybridized carbons (Fsp3) is 0.290. The van der Waals surface area contributed by atoms with Crippen LogP contribution in [0.3, 0.4) is 0 Å². The number of amides is 2. The predicted molar refractivity (Wildman–Crippen MR) is 159 cm³/mol.